The van der Waals surface area contributed by atoms with Gasteiger partial charge in [-0.3, -0.25) is 4.79 Å². The molecule has 0 aliphatic carbocycles. The third-order valence-electron chi connectivity index (χ3n) is 5.28. The summed E-state index contributed by atoms with van der Waals surface area (Å²) in [4.78, 5) is 11.8. The van der Waals surface area contributed by atoms with Gasteiger partial charge in [0.25, 0.3) is 0 Å². The third kappa shape index (κ3) is 21.4. The molecule has 1 unspecified atom stereocenters. The lowest BCUT2D eigenvalue weighted by molar-refractivity contribution is -0.121. The van der Waals surface area contributed by atoms with Crippen LogP contribution in [0.2, 0.25) is 0 Å². The van der Waals surface area contributed by atoms with E-state index in [1.165, 1.54) is 70.6 Å². The van der Waals surface area contributed by atoms with E-state index >= 15 is 0 Å². The molecule has 0 bridgehead atoms. The molecule has 1 atom stereocenters. The number of rotatable bonds is 21. The number of carbonyl (C=O) groups excluding carboxylic acids is 1. The predicted octanol–water partition coefficient (Wildman–Crippen LogP) is 5.60. The number of nitrogens with two attached hydrogens (primary N) is 2. The van der Waals surface area contributed by atoms with Crippen molar-refractivity contribution in [2.75, 3.05) is 13.1 Å². The second-order valence-electron chi connectivity index (χ2n) is 8.16. The molecule has 0 rings (SSSR count). The molecule has 28 heavy (non-hydrogen) atoms. The molecule has 0 aliphatic heterocycles. The zero-order chi connectivity index (χ0) is 20.7. The van der Waals surface area contributed by atoms with Gasteiger partial charge in [0, 0.05) is 19.0 Å². The third-order valence-corrected chi connectivity index (χ3v) is 5.28. The van der Waals surface area contributed by atoms with E-state index in [0.717, 1.165) is 38.6 Å². The number of hydrogen-bond acceptors (Lipinski definition) is 3. The van der Waals surface area contributed by atoms with Crippen molar-refractivity contribution >= 4 is 5.91 Å². The summed E-state index contributed by atoms with van der Waals surface area (Å²) in [6.07, 6.45) is 24.8. The largest absolute Gasteiger partial charge is 0.356 e. The van der Waals surface area contributed by atoms with Gasteiger partial charge in [0.1, 0.15) is 0 Å². The maximum atomic E-state index is 11.8. The lowest BCUT2D eigenvalue weighted by Crippen LogP contribution is -2.28. The van der Waals surface area contributed by atoms with Gasteiger partial charge in [0.05, 0.1) is 0 Å². The zero-order valence-corrected chi connectivity index (χ0v) is 18.7. The molecular formula is C24H49N3O. The van der Waals surface area contributed by atoms with Gasteiger partial charge in [-0.2, -0.15) is 0 Å². The molecule has 0 radical (unpaired) electrons. The lowest BCUT2D eigenvalue weighted by Gasteiger charge is -2.10. The van der Waals surface area contributed by atoms with Crippen LogP contribution in [0.4, 0.5) is 0 Å². The fourth-order valence-corrected chi connectivity index (χ4v) is 3.40. The fourth-order valence-electron chi connectivity index (χ4n) is 3.40. The fraction of sp³-hybridized carbons (Fsp3) is 0.875. The monoisotopic (exact) mass is 395 g/mol. The molecule has 0 spiro atoms. The molecular weight excluding hydrogens is 346 g/mol. The van der Waals surface area contributed by atoms with Gasteiger partial charge in [0.15, 0.2) is 0 Å². The molecule has 0 aromatic carbocycles. The highest BCUT2D eigenvalue weighted by atomic mass is 16.1. The Hall–Kier alpha value is -0.870. The minimum absolute atomic E-state index is 0.173. The van der Waals surface area contributed by atoms with Crippen LogP contribution >= 0.6 is 0 Å². The van der Waals surface area contributed by atoms with Crippen LogP contribution in [-0.2, 0) is 4.79 Å². The van der Waals surface area contributed by atoms with Crippen molar-refractivity contribution in [3.05, 3.63) is 12.2 Å². The molecule has 0 fully saturated rings. The Morgan fingerprint density at radius 2 is 1.39 bits per heavy atom. The van der Waals surface area contributed by atoms with Gasteiger partial charge in [-0.25, -0.2) is 0 Å². The molecule has 0 saturated heterocycles. The molecule has 4 heteroatoms. The summed E-state index contributed by atoms with van der Waals surface area (Å²) in [5.74, 6) is 0.185. The maximum absolute atomic E-state index is 11.8. The molecule has 0 saturated carbocycles. The van der Waals surface area contributed by atoms with E-state index in [2.05, 4.69) is 24.4 Å². The average Bonchev–Trinajstić information content (AvgIpc) is 2.68. The highest BCUT2D eigenvalue weighted by Crippen LogP contribution is 2.10. The number of carbonyl (C=O) groups is 1. The van der Waals surface area contributed by atoms with Crippen molar-refractivity contribution in [1.82, 2.24) is 5.32 Å². The molecule has 5 N–H and O–H groups in total. The van der Waals surface area contributed by atoms with Crippen LogP contribution in [0.5, 0.6) is 0 Å². The molecule has 4 nitrogen and oxygen atoms in total. The van der Waals surface area contributed by atoms with E-state index < -0.39 is 0 Å². The Morgan fingerprint density at radius 1 is 0.821 bits per heavy atom. The van der Waals surface area contributed by atoms with E-state index in [4.69, 9.17) is 11.5 Å². The first-order chi connectivity index (χ1) is 13.7. The van der Waals surface area contributed by atoms with Crippen molar-refractivity contribution in [3.8, 4) is 0 Å². The summed E-state index contributed by atoms with van der Waals surface area (Å²) in [6.45, 7) is 3.65. The van der Waals surface area contributed by atoms with Crippen molar-refractivity contribution < 1.29 is 4.79 Å². The maximum Gasteiger partial charge on any atom is 0.219 e. The lowest BCUT2D eigenvalue weighted by atomic mass is 10.1. The molecule has 0 aromatic heterocycles. The first-order valence-electron chi connectivity index (χ1n) is 12.1. The van der Waals surface area contributed by atoms with Crippen molar-refractivity contribution in [2.24, 2.45) is 11.5 Å². The van der Waals surface area contributed by atoms with Gasteiger partial charge in [-0.15, -0.1) is 0 Å². The Morgan fingerprint density at radius 3 is 2.00 bits per heavy atom. The molecule has 0 heterocycles. The Balaban J connectivity index is 3.25. The number of unbranched alkanes of at least 4 members (excludes halogenated alkanes) is 11. The van der Waals surface area contributed by atoms with Crippen LogP contribution < -0.4 is 16.8 Å². The summed E-state index contributed by atoms with van der Waals surface area (Å²) < 4.78 is 0. The normalized spacial score (nSPS) is 12.5. The van der Waals surface area contributed by atoms with E-state index in [-0.39, 0.29) is 11.9 Å². The Kier molecular flexibility index (Phi) is 21.7. The Labute approximate surface area is 175 Å². The van der Waals surface area contributed by atoms with Crippen LogP contribution in [0.15, 0.2) is 12.2 Å². The molecule has 0 aromatic rings. The minimum atomic E-state index is 0.173. The van der Waals surface area contributed by atoms with Gasteiger partial charge in [0.2, 0.25) is 5.91 Å². The van der Waals surface area contributed by atoms with Crippen molar-refractivity contribution in [1.29, 1.82) is 0 Å². The van der Waals surface area contributed by atoms with E-state index in [9.17, 15) is 4.79 Å². The number of amides is 1. The van der Waals surface area contributed by atoms with Crippen LogP contribution in [0, 0.1) is 0 Å². The van der Waals surface area contributed by atoms with Crippen LogP contribution in [0.3, 0.4) is 0 Å². The summed E-state index contributed by atoms with van der Waals surface area (Å²) in [7, 11) is 0. The first kappa shape index (κ1) is 27.1. The predicted molar refractivity (Wildman–Crippen MR) is 123 cm³/mol. The minimum Gasteiger partial charge on any atom is -0.356 e. The Bertz CT molecular complexity index is 358. The summed E-state index contributed by atoms with van der Waals surface area (Å²) in [5, 5.41) is 2.99. The summed E-state index contributed by atoms with van der Waals surface area (Å²) in [6, 6.07) is 0.173. The van der Waals surface area contributed by atoms with E-state index in [1.807, 2.05) is 0 Å². The van der Waals surface area contributed by atoms with Gasteiger partial charge >= 0.3 is 0 Å². The summed E-state index contributed by atoms with van der Waals surface area (Å²) >= 11 is 0. The van der Waals surface area contributed by atoms with Gasteiger partial charge in [-0.1, -0.05) is 70.4 Å². The number of hydrogen-bond donors (Lipinski definition) is 3. The quantitative estimate of drug-likeness (QED) is 0.175. The number of allylic oxidation sites excluding steroid dienone is 2. The van der Waals surface area contributed by atoms with Gasteiger partial charge < -0.3 is 16.8 Å². The highest BCUT2D eigenvalue weighted by Gasteiger charge is 2.03. The van der Waals surface area contributed by atoms with Gasteiger partial charge in [-0.05, 0) is 57.9 Å². The molecule has 166 valence electrons. The van der Waals surface area contributed by atoms with Crippen molar-refractivity contribution in [2.45, 2.75) is 122 Å². The van der Waals surface area contributed by atoms with Crippen LogP contribution in [0.1, 0.15) is 116 Å². The second-order valence-corrected chi connectivity index (χ2v) is 8.16. The van der Waals surface area contributed by atoms with Crippen molar-refractivity contribution in [3.63, 3.8) is 0 Å². The van der Waals surface area contributed by atoms with Crippen LogP contribution in [0.25, 0.3) is 0 Å². The molecule has 0 aliphatic rings. The topological polar surface area (TPSA) is 81.1 Å². The summed E-state index contributed by atoms with van der Waals surface area (Å²) in [5.41, 5.74) is 11.4. The van der Waals surface area contributed by atoms with E-state index in [1.54, 1.807) is 0 Å². The number of nitrogens with one attached hydrogen (secondary N) is 1. The highest BCUT2D eigenvalue weighted by molar-refractivity contribution is 5.75. The standard InChI is InChI=1S/C24H49N3O/c1-2-3-4-5-6-7-8-9-10-11-12-13-14-15-16-19-24(28)27-22-17-18-23(26)20-21-25/h9-10,23H,2-8,11-22,25-26H2,1H3,(H,27,28). The zero-order valence-electron chi connectivity index (χ0n) is 18.7. The average molecular weight is 396 g/mol. The molecule has 1 amide bonds. The van der Waals surface area contributed by atoms with Crippen LogP contribution in [-0.4, -0.2) is 25.0 Å². The SMILES string of the molecule is CCCCCCCCC=CCCCCCCCC(=O)NCCCC(N)CCN. The van der Waals surface area contributed by atoms with E-state index in [0.29, 0.717) is 13.0 Å². The second kappa shape index (κ2) is 22.4. The first-order valence-corrected chi connectivity index (χ1v) is 12.1. The smallest absolute Gasteiger partial charge is 0.219 e.